The molecular formula is C34H35F8NO4. The van der Waals surface area contributed by atoms with E-state index in [0.717, 1.165) is 29.9 Å². The minimum atomic E-state index is -4.45. The number of halogens is 8. The van der Waals surface area contributed by atoms with Crippen LogP contribution in [0.15, 0.2) is 36.4 Å². The number of ether oxygens (including phenoxy) is 3. The van der Waals surface area contributed by atoms with Crippen molar-refractivity contribution in [3.8, 4) is 11.5 Å². The molecule has 5 nitrogen and oxygen atoms in total. The molecule has 13 heteroatoms. The van der Waals surface area contributed by atoms with Crippen LogP contribution < -0.4 is 9.47 Å². The van der Waals surface area contributed by atoms with Crippen molar-refractivity contribution >= 4 is 6.09 Å². The molecule has 0 N–H and O–H groups in total. The normalized spacial score (nSPS) is 16.9. The van der Waals surface area contributed by atoms with Crippen LogP contribution >= 0.6 is 0 Å². The Balaban J connectivity index is 0.000000351. The summed E-state index contributed by atoms with van der Waals surface area (Å²) in [6.45, 7) is 9.51. The average Bonchev–Trinajstić information content (AvgIpc) is 3.01. The van der Waals surface area contributed by atoms with E-state index in [4.69, 9.17) is 14.2 Å². The van der Waals surface area contributed by atoms with Gasteiger partial charge in [0.25, 0.3) is 0 Å². The standard InChI is InChI=1S/C27H32F3NO4.C7H3F5/c1-17-5-7-20-23(11-14-33-24(20)15-17)34-22-8-6-19(27(28,29)30)16-21(22)18-9-12-31(13-10-18)25(32)35-26(2,3)4;1-2-3(8)5(10)7(12)6(11)4(2)9/h5-8,15-16,18,23H,9-14H2,1-4H3;1H3. The molecule has 5 rings (SSSR count). The van der Waals surface area contributed by atoms with Crippen molar-refractivity contribution in [1.82, 2.24) is 4.90 Å². The maximum atomic E-state index is 13.6. The summed E-state index contributed by atoms with van der Waals surface area (Å²) in [5, 5.41) is 0. The number of aryl methyl sites for hydroxylation is 1. The number of piperidine rings is 1. The van der Waals surface area contributed by atoms with Gasteiger partial charge in [-0.25, -0.2) is 26.7 Å². The SMILES string of the molecule is Cc1c(F)c(F)c(F)c(F)c1F.Cc1ccc2c(c1)OCCC2Oc1ccc(C(F)(F)F)cc1C1CCN(C(=O)OC(C)(C)C)CC1. The number of nitrogens with zero attached hydrogens (tertiary/aromatic N) is 1. The van der Waals surface area contributed by atoms with Crippen LogP contribution in [0.25, 0.3) is 0 Å². The number of amides is 1. The van der Waals surface area contributed by atoms with E-state index in [1.54, 1.807) is 25.7 Å². The first-order valence-corrected chi connectivity index (χ1v) is 14.9. The molecule has 0 bridgehead atoms. The molecule has 256 valence electrons. The minimum Gasteiger partial charge on any atom is -0.493 e. The van der Waals surface area contributed by atoms with E-state index in [2.05, 4.69) is 0 Å². The molecule has 1 amide bonds. The van der Waals surface area contributed by atoms with E-state index in [9.17, 15) is 39.9 Å². The quantitative estimate of drug-likeness (QED) is 0.158. The first-order chi connectivity index (χ1) is 21.9. The highest BCUT2D eigenvalue weighted by atomic mass is 19.4. The van der Waals surface area contributed by atoms with Crippen molar-refractivity contribution in [2.75, 3.05) is 19.7 Å². The smallest absolute Gasteiger partial charge is 0.416 e. The topological polar surface area (TPSA) is 48.0 Å². The van der Waals surface area contributed by atoms with Crippen LogP contribution in [-0.2, 0) is 10.9 Å². The zero-order valence-corrected chi connectivity index (χ0v) is 26.5. The van der Waals surface area contributed by atoms with Gasteiger partial charge >= 0.3 is 12.3 Å². The van der Waals surface area contributed by atoms with Gasteiger partial charge < -0.3 is 19.1 Å². The molecule has 0 aromatic heterocycles. The van der Waals surface area contributed by atoms with Crippen LogP contribution in [-0.4, -0.2) is 36.3 Å². The lowest BCUT2D eigenvalue weighted by Crippen LogP contribution is -2.41. The maximum absolute atomic E-state index is 13.6. The van der Waals surface area contributed by atoms with Crippen LogP contribution in [0.4, 0.5) is 39.9 Å². The van der Waals surface area contributed by atoms with E-state index in [1.807, 2.05) is 25.1 Å². The highest BCUT2D eigenvalue weighted by molar-refractivity contribution is 5.68. The first kappa shape index (κ1) is 35.8. The van der Waals surface area contributed by atoms with E-state index in [1.165, 1.54) is 12.1 Å². The monoisotopic (exact) mass is 673 g/mol. The Labute approximate surface area is 267 Å². The molecule has 1 atom stereocenters. The summed E-state index contributed by atoms with van der Waals surface area (Å²) in [5.74, 6) is -8.48. The summed E-state index contributed by atoms with van der Waals surface area (Å²) in [6.07, 6.45) is -3.50. The molecule has 0 saturated carbocycles. The van der Waals surface area contributed by atoms with Gasteiger partial charge in [0.2, 0.25) is 5.82 Å². The number of rotatable bonds is 3. The molecule has 3 aromatic rings. The zero-order valence-electron chi connectivity index (χ0n) is 26.5. The van der Waals surface area contributed by atoms with Crippen LogP contribution in [0.3, 0.4) is 0 Å². The first-order valence-electron chi connectivity index (χ1n) is 14.9. The fourth-order valence-corrected chi connectivity index (χ4v) is 5.31. The number of benzene rings is 3. The molecule has 0 spiro atoms. The molecule has 2 aliphatic heterocycles. The fourth-order valence-electron chi connectivity index (χ4n) is 5.31. The molecule has 1 unspecified atom stereocenters. The highest BCUT2D eigenvalue weighted by Crippen LogP contribution is 2.43. The molecule has 2 aliphatic rings. The predicted octanol–water partition coefficient (Wildman–Crippen LogP) is 9.72. The van der Waals surface area contributed by atoms with Crippen LogP contribution in [0.1, 0.15) is 79.9 Å². The molecule has 1 saturated heterocycles. The maximum Gasteiger partial charge on any atom is 0.416 e. The van der Waals surface area contributed by atoms with E-state index >= 15 is 0 Å². The molecule has 3 aromatic carbocycles. The predicted molar refractivity (Wildman–Crippen MR) is 157 cm³/mol. The van der Waals surface area contributed by atoms with Gasteiger partial charge in [-0.05, 0) is 88.8 Å². The second-order valence-electron chi connectivity index (χ2n) is 12.5. The third-order valence-electron chi connectivity index (χ3n) is 7.78. The van der Waals surface area contributed by atoms with Crippen LogP contribution in [0.2, 0.25) is 0 Å². The second kappa shape index (κ2) is 14.0. The molecule has 2 heterocycles. The summed E-state index contributed by atoms with van der Waals surface area (Å²) < 4.78 is 120. The Hall–Kier alpha value is -4.03. The Morgan fingerprint density at radius 1 is 0.809 bits per heavy atom. The third-order valence-corrected chi connectivity index (χ3v) is 7.78. The number of hydrogen-bond acceptors (Lipinski definition) is 4. The number of likely N-dealkylation sites (tertiary alicyclic amines) is 1. The number of carbonyl (C=O) groups is 1. The Kier molecular flexibility index (Phi) is 10.7. The minimum absolute atomic E-state index is 0.164. The highest BCUT2D eigenvalue weighted by Gasteiger charge is 2.35. The second-order valence-corrected chi connectivity index (χ2v) is 12.5. The van der Waals surface area contributed by atoms with Crippen molar-refractivity contribution in [1.29, 1.82) is 0 Å². The largest absolute Gasteiger partial charge is 0.493 e. The summed E-state index contributed by atoms with van der Waals surface area (Å²) in [6, 6.07) is 9.59. The van der Waals surface area contributed by atoms with Gasteiger partial charge in [0, 0.05) is 30.6 Å². The van der Waals surface area contributed by atoms with Crippen molar-refractivity contribution in [3.05, 3.63) is 93.3 Å². The fraction of sp³-hybridized carbons (Fsp3) is 0.441. The van der Waals surface area contributed by atoms with Gasteiger partial charge in [-0.3, -0.25) is 0 Å². The lowest BCUT2D eigenvalue weighted by atomic mass is 9.87. The Morgan fingerprint density at radius 2 is 1.40 bits per heavy atom. The molecule has 0 radical (unpaired) electrons. The van der Waals surface area contributed by atoms with Crippen molar-refractivity contribution in [2.45, 2.75) is 77.7 Å². The van der Waals surface area contributed by atoms with E-state index in [-0.39, 0.29) is 12.0 Å². The van der Waals surface area contributed by atoms with Gasteiger partial charge in [-0.1, -0.05) is 12.1 Å². The molecule has 1 fully saturated rings. The summed E-state index contributed by atoms with van der Waals surface area (Å²) in [4.78, 5) is 14.0. The number of hydrogen-bond donors (Lipinski definition) is 0. The van der Waals surface area contributed by atoms with E-state index < -0.39 is 58.1 Å². The number of carbonyl (C=O) groups excluding carboxylic acids is 1. The summed E-state index contributed by atoms with van der Waals surface area (Å²) in [5.41, 5.74) is 0.325. The number of alkyl halides is 3. The van der Waals surface area contributed by atoms with Gasteiger partial charge in [-0.2, -0.15) is 13.2 Å². The molecule has 47 heavy (non-hydrogen) atoms. The summed E-state index contributed by atoms with van der Waals surface area (Å²) >= 11 is 0. The van der Waals surface area contributed by atoms with Crippen LogP contribution in [0.5, 0.6) is 11.5 Å². The zero-order chi connectivity index (χ0) is 34.8. The summed E-state index contributed by atoms with van der Waals surface area (Å²) in [7, 11) is 0. The van der Waals surface area contributed by atoms with Gasteiger partial charge in [0.15, 0.2) is 23.3 Å². The number of fused-ring (bicyclic) bond motifs is 1. The lowest BCUT2D eigenvalue weighted by molar-refractivity contribution is -0.137. The Bertz CT molecular complexity index is 1510. The van der Waals surface area contributed by atoms with Gasteiger partial charge in [0.05, 0.1) is 12.2 Å². The Morgan fingerprint density at radius 3 is 1.98 bits per heavy atom. The van der Waals surface area contributed by atoms with Gasteiger partial charge in [-0.15, -0.1) is 0 Å². The van der Waals surface area contributed by atoms with E-state index in [0.29, 0.717) is 50.3 Å². The molecular weight excluding hydrogens is 638 g/mol. The van der Waals surface area contributed by atoms with Crippen molar-refractivity contribution in [2.24, 2.45) is 0 Å². The van der Waals surface area contributed by atoms with Crippen LogP contribution in [0, 0.1) is 42.9 Å². The third kappa shape index (κ3) is 8.47. The average molecular weight is 674 g/mol. The lowest BCUT2D eigenvalue weighted by Gasteiger charge is -2.35. The van der Waals surface area contributed by atoms with Crippen molar-refractivity contribution in [3.63, 3.8) is 0 Å². The molecule has 0 aliphatic carbocycles. The van der Waals surface area contributed by atoms with Crippen molar-refractivity contribution < 1.29 is 54.1 Å². The van der Waals surface area contributed by atoms with Gasteiger partial charge in [0.1, 0.15) is 23.2 Å².